The highest BCUT2D eigenvalue weighted by Gasteiger charge is 2.35. The van der Waals surface area contributed by atoms with Crippen LogP contribution in [-0.4, -0.2) is 18.6 Å². The normalized spacial score (nSPS) is 16.8. The van der Waals surface area contributed by atoms with E-state index in [1.807, 2.05) is 13.2 Å². The van der Waals surface area contributed by atoms with E-state index in [-0.39, 0.29) is 5.78 Å². The van der Waals surface area contributed by atoms with Gasteiger partial charge in [-0.1, -0.05) is 20.3 Å². The first kappa shape index (κ1) is 15.7. The molecule has 20 heavy (non-hydrogen) atoms. The molecule has 0 amide bonds. The van der Waals surface area contributed by atoms with Crippen LogP contribution >= 0.6 is 23.1 Å². The van der Waals surface area contributed by atoms with Gasteiger partial charge in [0, 0.05) is 13.0 Å². The molecule has 0 radical (unpaired) electrons. The van der Waals surface area contributed by atoms with Crippen molar-refractivity contribution < 1.29 is 4.79 Å². The number of carbonyl (C=O) groups is 1. The summed E-state index contributed by atoms with van der Waals surface area (Å²) in [6.45, 7) is 5.15. The van der Waals surface area contributed by atoms with Crippen molar-refractivity contribution in [3.8, 4) is 0 Å². The molecule has 5 heteroatoms. The van der Waals surface area contributed by atoms with Gasteiger partial charge in [0.2, 0.25) is 0 Å². The van der Waals surface area contributed by atoms with Gasteiger partial charge in [-0.2, -0.15) is 0 Å². The number of nitrogens with two attached hydrogens (primary N) is 1. The smallest absolute Gasteiger partial charge is 0.174 e. The van der Waals surface area contributed by atoms with E-state index in [4.69, 9.17) is 5.73 Å². The number of nitrogens with one attached hydrogen (secondary N) is 1. The fraction of sp³-hybridized carbons (Fsp3) is 0.667. The summed E-state index contributed by atoms with van der Waals surface area (Å²) in [4.78, 5) is 13.7. The standard InChI is InChI=1S/C15H24N2OS2/c1-4-10(18)12-11(16)13(19-3)14(20-12)17-9-15(5-2)7-6-8-15/h17H,4-9,16H2,1-3H3. The zero-order chi connectivity index (χ0) is 14.8. The summed E-state index contributed by atoms with van der Waals surface area (Å²) < 4.78 is 0. The second-order valence-electron chi connectivity index (χ2n) is 5.54. The summed E-state index contributed by atoms with van der Waals surface area (Å²) >= 11 is 3.15. The third-order valence-electron chi connectivity index (χ3n) is 4.47. The van der Waals surface area contributed by atoms with Gasteiger partial charge in [0.1, 0.15) is 5.00 Å². The molecule has 1 saturated carbocycles. The molecule has 1 fully saturated rings. The van der Waals surface area contributed by atoms with E-state index in [0.717, 1.165) is 21.3 Å². The molecule has 1 aromatic heterocycles. The Morgan fingerprint density at radius 1 is 1.45 bits per heavy atom. The first-order chi connectivity index (χ1) is 9.56. The second kappa shape index (κ2) is 6.39. The molecule has 1 heterocycles. The molecule has 0 saturated heterocycles. The molecule has 3 nitrogen and oxygen atoms in total. The van der Waals surface area contributed by atoms with E-state index in [0.29, 0.717) is 17.5 Å². The van der Waals surface area contributed by atoms with Gasteiger partial charge in [0.05, 0.1) is 15.5 Å². The maximum absolute atomic E-state index is 11.9. The molecule has 112 valence electrons. The Morgan fingerprint density at radius 3 is 2.60 bits per heavy atom. The molecular weight excluding hydrogens is 288 g/mol. The predicted molar refractivity (Wildman–Crippen MR) is 90.2 cm³/mol. The van der Waals surface area contributed by atoms with Crippen LogP contribution in [0.1, 0.15) is 55.6 Å². The molecule has 1 aromatic rings. The lowest BCUT2D eigenvalue weighted by molar-refractivity contribution is 0.0992. The van der Waals surface area contributed by atoms with Crippen LogP contribution in [0.25, 0.3) is 0 Å². The lowest BCUT2D eigenvalue weighted by atomic mass is 9.67. The second-order valence-corrected chi connectivity index (χ2v) is 7.38. The van der Waals surface area contributed by atoms with Crippen molar-refractivity contribution in [3.05, 3.63) is 4.88 Å². The monoisotopic (exact) mass is 312 g/mol. The molecule has 0 unspecified atom stereocenters. The zero-order valence-electron chi connectivity index (χ0n) is 12.5. The average Bonchev–Trinajstić information content (AvgIpc) is 2.73. The summed E-state index contributed by atoms with van der Waals surface area (Å²) in [5.41, 5.74) is 7.26. The Hall–Kier alpha value is -0.680. The van der Waals surface area contributed by atoms with Gasteiger partial charge >= 0.3 is 0 Å². The molecule has 2 rings (SSSR count). The van der Waals surface area contributed by atoms with Gasteiger partial charge < -0.3 is 11.1 Å². The predicted octanol–water partition coefficient (Wildman–Crippen LogP) is 4.64. The number of rotatable bonds is 7. The lowest BCUT2D eigenvalue weighted by Crippen LogP contribution is -2.35. The number of nitrogen functional groups attached to an aromatic ring is 1. The number of hydrogen-bond donors (Lipinski definition) is 2. The number of hydrogen-bond acceptors (Lipinski definition) is 5. The first-order valence-electron chi connectivity index (χ1n) is 7.30. The van der Waals surface area contributed by atoms with Crippen molar-refractivity contribution in [3.63, 3.8) is 0 Å². The summed E-state index contributed by atoms with van der Waals surface area (Å²) in [6, 6.07) is 0. The number of carbonyl (C=O) groups excluding carboxylic acids is 1. The van der Waals surface area contributed by atoms with Gasteiger partial charge in [-0.3, -0.25) is 4.79 Å². The van der Waals surface area contributed by atoms with E-state index in [9.17, 15) is 4.79 Å². The molecule has 1 aliphatic rings. The maximum atomic E-state index is 11.9. The van der Waals surface area contributed by atoms with Gasteiger partial charge in [-0.25, -0.2) is 0 Å². The van der Waals surface area contributed by atoms with E-state index in [1.165, 1.54) is 37.0 Å². The minimum Gasteiger partial charge on any atom is -0.396 e. The highest BCUT2D eigenvalue weighted by molar-refractivity contribution is 7.99. The fourth-order valence-electron chi connectivity index (χ4n) is 2.72. The number of thiophene rings is 1. The zero-order valence-corrected chi connectivity index (χ0v) is 14.2. The molecule has 0 bridgehead atoms. The van der Waals surface area contributed by atoms with Crippen molar-refractivity contribution in [2.45, 2.75) is 50.8 Å². The molecule has 0 atom stereocenters. The fourth-order valence-corrected chi connectivity index (χ4v) is 4.76. The SMILES string of the molecule is CCC(=O)c1sc(NCC2(CC)CCC2)c(SC)c1N. The number of Topliss-reactive ketones (excluding diaryl/α,β-unsaturated/α-hetero) is 1. The Balaban J connectivity index is 2.16. The van der Waals surface area contributed by atoms with Crippen LogP contribution in [0, 0.1) is 5.41 Å². The van der Waals surface area contributed by atoms with Crippen LogP contribution in [0.4, 0.5) is 10.7 Å². The van der Waals surface area contributed by atoms with Crippen molar-refractivity contribution in [2.75, 3.05) is 23.9 Å². The van der Waals surface area contributed by atoms with Crippen molar-refractivity contribution in [1.82, 2.24) is 0 Å². The Bertz CT molecular complexity index is 487. The third-order valence-corrected chi connectivity index (χ3v) is 6.63. The largest absolute Gasteiger partial charge is 0.396 e. The van der Waals surface area contributed by atoms with E-state index in [2.05, 4.69) is 12.2 Å². The summed E-state index contributed by atoms with van der Waals surface area (Å²) in [6.07, 6.45) is 7.71. The minimum absolute atomic E-state index is 0.143. The summed E-state index contributed by atoms with van der Waals surface area (Å²) in [7, 11) is 0. The summed E-state index contributed by atoms with van der Waals surface area (Å²) in [5, 5.41) is 4.64. The highest BCUT2D eigenvalue weighted by atomic mass is 32.2. The maximum Gasteiger partial charge on any atom is 0.174 e. The van der Waals surface area contributed by atoms with Crippen molar-refractivity contribution >= 4 is 39.6 Å². The molecule has 1 aliphatic carbocycles. The van der Waals surface area contributed by atoms with Crippen LogP contribution in [0.3, 0.4) is 0 Å². The highest BCUT2D eigenvalue weighted by Crippen LogP contribution is 2.46. The van der Waals surface area contributed by atoms with E-state index < -0.39 is 0 Å². The van der Waals surface area contributed by atoms with Crippen LogP contribution in [0.15, 0.2) is 4.90 Å². The molecular formula is C15H24N2OS2. The van der Waals surface area contributed by atoms with Gasteiger partial charge in [0.25, 0.3) is 0 Å². The Morgan fingerprint density at radius 2 is 2.15 bits per heavy atom. The van der Waals surface area contributed by atoms with Gasteiger partial charge in [-0.15, -0.1) is 23.1 Å². The topological polar surface area (TPSA) is 55.1 Å². The van der Waals surface area contributed by atoms with Crippen molar-refractivity contribution in [1.29, 1.82) is 0 Å². The number of anilines is 2. The van der Waals surface area contributed by atoms with E-state index >= 15 is 0 Å². The van der Waals surface area contributed by atoms with Crippen LogP contribution in [-0.2, 0) is 0 Å². The third kappa shape index (κ3) is 2.84. The lowest BCUT2D eigenvalue weighted by Gasteiger charge is -2.41. The molecule has 0 aromatic carbocycles. The van der Waals surface area contributed by atoms with Crippen LogP contribution in [0.2, 0.25) is 0 Å². The van der Waals surface area contributed by atoms with E-state index in [1.54, 1.807) is 11.8 Å². The molecule has 3 N–H and O–H groups in total. The minimum atomic E-state index is 0.143. The van der Waals surface area contributed by atoms with Gasteiger partial charge in [0.15, 0.2) is 5.78 Å². The van der Waals surface area contributed by atoms with Crippen LogP contribution < -0.4 is 11.1 Å². The molecule has 0 aliphatic heterocycles. The Labute approximate surface area is 129 Å². The first-order valence-corrected chi connectivity index (χ1v) is 9.34. The van der Waals surface area contributed by atoms with Crippen LogP contribution in [0.5, 0.6) is 0 Å². The van der Waals surface area contributed by atoms with Crippen molar-refractivity contribution in [2.24, 2.45) is 5.41 Å². The Kier molecular flexibility index (Phi) is 5.02. The molecule has 0 spiro atoms. The quantitative estimate of drug-likeness (QED) is 0.569. The number of ketones is 1. The summed E-state index contributed by atoms with van der Waals surface area (Å²) in [5.74, 6) is 0.143. The number of thioether (sulfide) groups is 1. The average molecular weight is 313 g/mol. The van der Waals surface area contributed by atoms with Gasteiger partial charge in [-0.05, 0) is 30.9 Å².